The number of halogens is 1. The molecule has 2 aromatic carbocycles. The number of ketones is 1. The lowest BCUT2D eigenvalue weighted by Gasteiger charge is -2.03. The molecule has 2 rings (SSSR count). The molecule has 0 amide bonds. The number of aromatic hydroxyl groups is 3. The first kappa shape index (κ1) is 14.1. The van der Waals surface area contributed by atoms with Crippen LogP contribution in [0.4, 0.5) is 0 Å². The minimum atomic E-state index is -0.392. The first-order chi connectivity index (χ1) is 9.47. The molecular weight excluding hydrogens is 324 g/mol. The van der Waals surface area contributed by atoms with E-state index in [-0.39, 0.29) is 22.8 Å². The highest BCUT2D eigenvalue weighted by Gasteiger charge is 2.11. The van der Waals surface area contributed by atoms with Crippen molar-refractivity contribution in [1.82, 2.24) is 0 Å². The van der Waals surface area contributed by atoms with Gasteiger partial charge in [-0.3, -0.25) is 4.79 Å². The summed E-state index contributed by atoms with van der Waals surface area (Å²) in [4.78, 5) is 12.0. The molecule has 0 saturated heterocycles. The fraction of sp³-hybridized carbons (Fsp3) is 0. The monoisotopic (exact) mass is 334 g/mol. The molecule has 2 aromatic rings. The van der Waals surface area contributed by atoms with Crippen LogP contribution in [0.3, 0.4) is 0 Å². The largest absolute Gasteiger partial charge is 0.508 e. The molecule has 0 spiro atoms. The van der Waals surface area contributed by atoms with E-state index in [1.807, 2.05) is 0 Å². The van der Waals surface area contributed by atoms with E-state index in [9.17, 15) is 15.0 Å². The number of hydrogen-bond acceptors (Lipinski definition) is 4. The van der Waals surface area contributed by atoms with E-state index >= 15 is 0 Å². The van der Waals surface area contributed by atoms with Gasteiger partial charge in [0.1, 0.15) is 17.2 Å². The highest BCUT2D eigenvalue weighted by molar-refractivity contribution is 9.10. The Morgan fingerprint density at radius 2 is 1.65 bits per heavy atom. The van der Waals surface area contributed by atoms with Gasteiger partial charge in [0.15, 0.2) is 5.78 Å². The first-order valence-electron chi connectivity index (χ1n) is 5.70. The van der Waals surface area contributed by atoms with Gasteiger partial charge in [0.2, 0.25) is 0 Å². The average Bonchev–Trinajstić information content (AvgIpc) is 2.42. The quantitative estimate of drug-likeness (QED) is 0.593. The molecule has 20 heavy (non-hydrogen) atoms. The summed E-state index contributed by atoms with van der Waals surface area (Å²) in [5.74, 6) is -0.669. The van der Waals surface area contributed by atoms with Gasteiger partial charge in [-0.05, 0) is 45.8 Å². The number of hydrogen-bond donors (Lipinski definition) is 3. The molecule has 0 heterocycles. The van der Waals surface area contributed by atoms with Gasteiger partial charge in [-0.15, -0.1) is 0 Å². The van der Waals surface area contributed by atoms with Crippen molar-refractivity contribution in [2.45, 2.75) is 0 Å². The van der Waals surface area contributed by atoms with Crippen LogP contribution in [0.1, 0.15) is 15.9 Å². The van der Waals surface area contributed by atoms with E-state index in [1.54, 1.807) is 18.2 Å². The molecule has 3 N–H and O–H groups in total. The Morgan fingerprint density at radius 1 is 1.00 bits per heavy atom. The molecule has 0 fully saturated rings. The SMILES string of the molecule is O=C(/C=C/c1ccc(O)cc1)c1cc(Br)c(O)cc1O. The third-order valence-corrected chi connectivity index (χ3v) is 3.29. The molecule has 102 valence electrons. The van der Waals surface area contributed by atoms with Gasteiger partial charge in [0.25, 0.3) is 0 Å². The Labute approximate surface area is 123 Å². The molecule has 0 aromatic heterocycles. The summed E-state index contributed by atoms with van der Waals surface area (Å²) in [5, 5.41) is 28.2. The molecule has 0 radical (unpaired) electrons. The number of allylic oxidation sites excluding steroid dienone is 1. The zero-order chi connectivity index (χ0) is 14.7. The Balaban J connectivity index is 2.24. The molecule has 0 atom stereocenters. The number of phenolic OH excluding ortho intramolecular Hbond substituents is 3. The molecule has 4 nitrogen and oxygen atoms in total. The Morgan fingerprint density at radius 3 is 2.30 bits per heavy atom. The number of carbonyl (C=O) groups is 1. The van der Waals surface area contributed by atoms with Crippen LogP contribution in [0, 0.1) is 0 Å². The van der Waals surface area contributed by atoms with Gasteiger partial charge in [-0.25, -0.2) is 0 Å². The van der Waals surface area contributed by atoms with Crippen molar-refractivity contribution in [2.24, 2.45) is 0 Å². The van der Waals surface area contributed by atoms with E-state index in [4.69, 9.17) is 5.11 Å². The summed E-state index contributed by atoms with van der Waals surface area (Å²) in [5.41, 5.74) is 0.832. The van der Waals surface area contributed by atoms with Crippen LogP contribution < -0.4 is 0 Å². The van der Waals surface area contributed by atoms with E-state index in [0.29, 0.717) is 4.47 Å². The van der Waals surface area contributed by atoms with Gasteiger partial charge >= 0.3 is 0 Å². The first-order valence-corrected chi connectivity index (χ1v) is 6.49. The highest BCUT2D eigenvalue weighted by atomic mass is 79.9. The lowest BCUT2D eigenvalue weighted by Crippen LogP contribution is -1.95. The lowest BCUT2D eigenvalue weighted by atomic mass is 10.1. The molecule has 0 saturated carbocycles. The topological polar surface area (TPSA) is 77.8 Å². The standard InChI is InChI=1S/C15H11BrO4/c16-12-7-11(14(19)8-15(12)20)13(18)6-3-9-1-4-10(17)5-2-9/h1-8,17,19-20H/b6-3+. The summed E-state index contributed by atoms with van der Waals surface area (Å²) in [6.45, 7) is 0. The van der Waals surface area contributed by atoms with Gasteiger partial charge in [-0.2, -0.15) is 0 Å². The van der Waals surface area contributed by atoms with Crippen molar-refractivity contribution in [1.29, 1.82) is 0 Å². The Kier molecular flexibility index (Phi) is 4.10. The minimum Gasteiger partial charge on any atom is -0.508 e. The number of benzene rings is 2. The van der Waals surface area contributed by atoms with Crippen LogP contribution >= 0.6 is 15.9 Å². The average molecular weight is 335 g/mol. The minimum absolute atomic E-state index is 0.0877. The van der Waals surface area contributed by atoms with Crippen molar-refractivity contribution >= 4 is 27.8 Å². The van der Waals surface area contributed by atoms with E-state index < -0.39 is 5.78 Å². The van der Waals surface area contributed by atoms with Crippen LogP contribution in [0.5, 0.6) is 17.2 Å². The van der Waals surface area contributed by atoms with Crippen molar-refractivity contribution in [3.63, 3.8) is 0 Å². The summed E-state index contributed by atoms with van der Waals surface area (Å²) in [6, 6.07) is 8.80. The van der Waals surface area contributed by atoms with Gasteiger partial charge < -0.3 is 15.3 Å². The third kappa shape index (κ3) is 3.19. The van der Waals surface area contributed by atoms with Crippen LogP contribution in [0.15, 0.2) is 46.9 Å². The zero-order valence-corrected chi connectivity index (χ0v) is 11.8. The second-order valence-electron chi connectivity index (χ2n) is 4.11. The maximum Gasteiger partial charge on any atom is 0.189 e. The van der Waals surface area contributed by atoms with Gasteiger partial charge in [0.05, 0.1) is 10.0 Å². The predicted molar refractivity (Wildman–Crippen MR) is 78.9 cm³/mol. The fourth-order valence-corrected chi connectivity index (χ4v) is 1.94. The van der Waals surface area contributed by atoms with Crippen molar-refractivity contribution < 1.29 is 20.1 Å². The second-order valence-corrected chi connectivity index (χ2v) is 4.96. The second kappa shape index (κ2) is 5.79. The molecule has 0 unspecified atom stereocenters. The highest BCUT2D eigenvalue weighted by Crippen LogP contribution is 2.31. The normalized spacial score (nSPS) is 10.8. The maximum absolute atomic E-state index is 12.0. The van der Waals surface area contributed by atoms with Gasteiger partial charge in [0, 0.05) is 6.07 Å². The Hall–Kier alpha value is -2.27. The fourth-order valence-electron chi connectivity index (χ4n) is 1.60. The molecule has 5 heteroatoms. The summed E-state index contributed by atoms with van der Waals surface area (Å²) < 4.78 is 0.330. The van der Waals surface area contributed by atoms with Crippen molar-refractivity contribution in [3.05, 3.63) is 58.1 Å². The van der Waals surface area contributed by atoms with E-state index in [2.05, 4.69) is 15.9 Å². The molecule has 0 aliphatic carbocycles. The summed E-state index contributed by atoms with van der Waals surface area (Å²) >= 11 is 3.09. The smallest absolute Gasteiger partial charge is 0.189 e. The van der Waals surface area contributed by atoms with Crippen LogP contribution in [-0.4, -0.2) is 21.1 Å². The number of carbonyl (C=O) groups excluding carboxylic acids is 1. The molecule has 0 aliphatic heterocycles. The maximum atomic E-state index is 12.0. The molecular formula is C15H11BrO4. The van der Waals surface area contributed by atoms with Crippen molar-refractivity contribution in [3.8, 4) is 17.2 Å². The molecule has 0 aliphatic rings. The van der Waals surface area contributed by atoms with Gasteiger partial charge in [-0.1, -0.05) is 18.2 Å². The lowest BCUT2D eigenvalue weighted by molar-refractivity contribution is 0.104. The third-order valence-electron chi connectivity index (χ3n) is 2.65. The van der Waals surface area contributed by atoms with E-state index in [1.165, 1.54) is 24.3 Å². The van der Waals surface area contributed by atoms with Crippen LogP contribution in [-0.2, 0) is 0 Å². The number of rotatable bonds is 3. The zero-order valence-electron chi connectivity index (χ0n) is 10.2. The van der Waals surface area contributed by atoms with Crippen LogP contribution in [0.2, 0.25) is 0 Å². The van der Waals surface area contributed by atoms with E-state index in [0.717, 1.165) is 11.6 Å². The Bertz CT molecular complexity index is 675. The molecule has 0 bridgehead atoms. The van der Waals surface area contributed by atoms with Crippen LogP contribution in [0.25, 0.3) is 6.08 Å². The summed E-state index contributed by atoms with van der Waals surface area (Å²) in [7, 11) is 0. The predicted octanol–water partition coefficient (Wildman–Crippen LogP) is 3.46. The summed E-state index contributed by atoms with van der Waals surface area (Å²) in [6.07, 6.45) is 2.88. The number of phenols is 3. The van der Waals surface area contributed by atoms with Crippen molar-refractivity contribution in [2.75, 3.05) is 0 Å².